The van der Waals surface area contributed by atoms with Gasteiger partial charge in [-0.3, -0.25) is 9.59 Å². The lowest BCUT2D eigenvalue weighted by Crippen LogP contribution is -2.25. The van der Waals surface area contributed by atoms with Crippen LogP contribution in [0.1, 0.15) is 11.1 Å². The van der Waals surface area contributed by atoms with Gasteiger partial charge in [0.1, 0.15) is 18.9 Å². The van der Waals surface area contributed by atoms with Crippen molar-refractivity contribution >= 4 is 76.6 Å². The first kappa shape index (κ1) is 26.9. The molecule has 0 radical (unpaired) electrons. The Balaban J connectivity index is 1.17. The molecule has 5 aromatic carbocycles. The normalized spacial score (nSPS) is 11.5. The first-order valence-electron chi connectivity index (χ1n) is 12.9. The second kappa shape index (κ2) is 11.7. The topological polar surface area (TPSA) is 72.7 Å². The van der Waals surface area contributed by atoms with Gasteiger partial charge in [-0.05, 0) is 90.2 Å². The predicted molar refractivity (Wildman–Crippen MR) is 172 cm³/mol. The summed E-state index contributed by atoms with van der Waals surface area (Å²) in [5.74, 6) is 0.365. The highest BCUT2D eigenvalue weighted by atomic mass is 79.9. The van der Waals surface area contributed by atoms with Gasteiger partial charge in [0.25, 0.3) is 5.91 Å². The van der Waals surface area contributed by atoms with E-state index in [0.29, 0.717) is 34.2 Å². The first-order valence-corrected chi connectivity index (χ1v) is 14.5. The summed E-state index contributed by atoms with van der Waals surface area (Å²) in [6, 6.07) is 32.8. The number of aromatic nitrogens is 1. The lowest BCUT2D eigenvalue weighted by molar-refractivity contribution is -0.121. The number of amides is 1. The molecule has 0 bridgehead atoms. The third-order valence-electron chi connectivity index (χ3n) is 6.86. The molecule has 0 spiro atoms. The fourth-order valence-corrected chi connectivity index (χ4v) is 6.42. The molecular formula is C33H23Br2N3O3. The van der Waals surface area contributed by atoms with E-state index in [1.165, 1.54) is 5.39 Å². The van der Waals surface area contributed by atoms with Gasteiger partial charge in [-0.1, -0.05) is 66.7 Å². The van der Waals surface area contributed by atoms with E-state index in [2.05, 4.69) is 66.7 Å². The zero-order chi connectivity index (χ0) is 28.3. The number of halogens is 2. The Kier molecular flexibility index (Phi) is 7.67. The molecule has 1 aromatic heterocycles. The van der Waals surface area contributed by atoms with Crippen LogP contribution < -0.4 is 15.6 Å². The number of carbonyl (C=O) groups excluding carboxylic acids is 1. The Hall–Kier alpha value is -4.27. The van der Waals surface area contributed by atoms with Gasteiger partial charge in [-0.25, -0.2) is 5.43 Å². The number of para-hydroxylation sites is 2. The highest BCUT2D eigenvalue weighted by Gasteiger charge is 2.13. The number of carbonyl (C=O) groups is 1. The van der Waals surface area contributed by atoms with E-state index in [9.17, 15) is 9.59 Å². The van der Waals surface area contributed by atoms with Crippen LogP contribution in [0.25, 0.3) is 32.6 Å². The SMILES string of the molecule is O=C(Cn1c2ccccc2c(=O)c2ccccc21)N/N=C\c1cc(Br)c(OCc2cccc3ccccc23)c(Br)c1. The summed E-state index contributed by atoms with van der Waals surface area (Å²) in [4.78, 5) is 25.9. The summed E-state index contributed by atoms with van der Waals surface area (Å²) in [5.41, 5.74) is 5.81. The van der Waals surface area contributed by atoms with Crippen molar-refractivity contribution in [2.75, 3.05) is 0 Å². The second-order valence-corrected chi connectivity index (χ2v) is 11.2. The summed E-state index contributed by atoms with van der Waals surface area (Å²) in [5, 5.41) is 7.64. The number of nitrogens with zero attached hydrogens (tertiary/aromatic N) is 2. The summed E-state index contributed by atoms with van der Waals surface area (Å²) >= 11 is 7.21. The van der Waals surface area contributed by atoms with Gasteiger partial charge < -0.3 is 9.30 Å². The molecule has 0 saturated heterocycles. The molecule has 202 valence electrons. The number of rotatable bonds is 7. The van der Waals surface area contributed by atoms with Crippen molar-refractivity contribution < 1.29 is 9.53 Å². The fraction of sp³-hybridized carbons (Fsp3) is 0.0606. The van der Waals surface area contributed by atoms with Crippen LogP contribution in [0, 0.1) is 0 Å². The van der Waals surface area contributed by atoms with E-state index in [1.54, 1.807) is 18.3 Å². The maximum atomic E-state index is 12.9. The molecule has 1 amide bonds. The molecular weight excluding hydrogens is 646 g/mol. The number of hydrazone groups is 1. The van der Waals surface area contributed by atoms with E-state index >= 15 is 0 Å². The van der Waals surface area contributed by atoms with Gasteiger partial charge in [0.05, 0.1) is 26.2 Å². The minimum atomic E-state index is -0.312. The number of ether oxygens (including phenoxy) is 1. The van der Waals surface area contributed by atoms with Crippen molar-refractivity contribution in [2.45, 2.75) is 13.2 Å². The maximum absolute atomic E-state index is 12.9. The molecule has 0 saturated carbocycles. The molecule has 8 heteroatoms. The lowest BCUT2D eigenvalue weighted by Gasteiger charge is -2.14. The number of pyridine rings is 1. The minimum absolute atomic E-state index is 0.00693. The van der Waals surface area contributed by atoms with Gasteiger partial charge >= 0.3 is 0 Å². The van der Waals surface area contributed by atoms with E-state index in [4.69, 9.17) is 4.74 Å². The third kappa shape index (κ3) is 5.53. The number of nitrogens with one attached hydrogen (secondary N) is 1. The Labute approximate surface area is 252 Å². The van der Waals surface area contributed by atoms with Crippen molar-refractivity contribution in [3.8, 4) is 5.75 Å². The largest absolute Gasteiger partial charge is 0.487 e. The number of benzene rings is 5. The Morgan fingerprint density at radius 1 is 0.805 bits per heavy atom. The fourth-order valence-electron chi connectivity index (χ4n) is 4.97. The maximum Gasteiger partial charge on any atom is 0.260 e. The monoisotopic (exact) mass is 667 g/mol. The zero-order valence-corrected chi connectivity index (χ0v) is 24.9. The quantitative estimate of drug-likeness (QED) is 0.108. The standard InChI is InChI=1S/C33H23Br2N3O3/c34-27-16-21(17-28(35)33(27)41-20-23-10-7-9-22-8-1-2-11-24(22)23)18-36-37-31(39)19-38-29-14-5-3-12-25(29)32(40)26-13-4-6-15-30(26)38/h1-18H,19-20H2,(H,37,39)/b36-18-. The van der Waals surface area contributed by atoms with Crippen LogP contribution >= 0.6 is 31.9 Å². The molecule has 0 atom stereocenters. The van der Waals surface area contributed by atoms with Crippen LogP contribution in [0.15, 0.2) is 122 Å². The van der Waals surface area contributed by atoms with Crippen LogP contribution in [0.3, 0.4) is 0 Å². The molecule has 41 heavy (non-hydrogen) atoms. The van der Waals surface area contributed by atoms with E-state index < -0.39 is 0 Å². The molecule has 1 heterocycles. The van der Waals surface area contributed by atoms with Crippen molar-refractivity contribution in [3.05, 3.63) is 133 Å². The van der Waals surface area contributed by atoms with Crippen molar-refractivity contribution in [2.24, 2.45) is 5.10 Å². The average Bonchev–Trinajstić information content (AvgIpc) is 2.99. The molecule has 6 aromatic rings. The molecule has 0 aliphatic rings. The average molecular weight is 669 g/mol. The third-order valence-corrected chi connectivity index (χ3v) is 8.03. The Bertz CT molecular complexity index is 1950. The van der Waals surface area contributed by atoms with Crippen molar-refractivity contribution in [1.82, 2.24) is 9.99 Å². The molecule has 0 aliphatic heterocycles. The highest BCUT2D eigenvalue weighted by molar-refractivity contribution is 9.11. The van der Waals surface area contributed by atoms with Gasteiger partial charge in [0, 0.05) is 10.8 Å². The summed E-state index contributed by atoms with van der Waals surface area (Å²) in [7, 11) is 0. The van der Waals surface area contributed by atoms with E-state index in [1.807, 2.05) is 71.3 Å². The second-order valence-electron chi connectivity index (χ2n) is 9.48. The van der Waals surface area contributed by atoms with Crippen LogP contribution in [-0.2, 0) is 17.9 Å². The molecule has 0 fully saturated rings. The summed E-state index contributed by atoms with van der Waals surface area (Å²) in [6.45, 7) is 0.420. The van der Waals surface area contributed by atoms with Crippen molar-refractivity contribution in [1.29, 1.82) is 0 Å². The summed E-state index contributed by atoms with van der Waals surface area (Å²) in [6.07, 6.45) is 1.57. The smallest absolute Gasteiger partial charge is 0.260 e. The Morgan fingerprint density at radius 3 is 2.07 bits per heavy atom. The molecule has 6 nitrogen and oxygen atoms in total. The predicted octanol–water partition coefficient (Wildman–Crippen LogP) is 7.56. The highest BCUT2D eigenvalue weighted by Crippen LogP contribution is 2.35. The van der Waals surface area contributed by atoms with Gasteiger partial charge in [-0.15, -0.1) is 0 Å². The summed E-state index contributed by atoms with van der Waals surface area (Å²) < 4.78 is 9.52. The van der Waals surface area contributed by atoms with Crippen molar-refractivity contribution in [3.63, 3.8) is 0 Å². The number of fused-ring (bicyclic) bond motifs is 3. The van der Waals surface area contributed by atoms with Gasteiger partial charge in [-0.2, -0.15) is 5.10 Å². The van der Waals surface area contributed by atoms with E-state index in [-0.39, 0.29) is 17.9 Å². The molecule has 1 N–H and O–H groups in total. The van der Waals surface area contributed by atoms with Gasteiger partial charge in [0.2, 0.25) is 0 Å². The Morgan fingerprint density at radius 2 is 1.39 bits per heavy atom. The number of hydrogen-bond donors (Lipinski definition) is 1. The molecule has 6 rings (SSSR count). The van der Waals surface area contributed by atoms with E-state index in [0.717, 1.165) is 25.5 Å². The number of hydrogen-bond acceptors (Lipinski definition) is 4. The zero-order valence-electron chi connectivity index (χ0n) is 21.7. The van der Waals surface area contributed by atoms with Gasteiger partial charge in [0.15, 0.2) is 5.43 Å². The minimum Gasteiger partial charge on any atom is -0.487 e. The van der Waals surface area contributed by atoms with Crippen LogP contribution in [0.4, 0.5) is 0 Å². The van der Waals surface area contributed by atoms with Crippen LogP contribution in [0.5, 0.6) is 5.75 Å². The van der Waals surface area contributed by atoms with Crippen LogP contribution in [0.2, 0.25) is 0 Å². The van der Waals surface area contributed by atoms with Crippen LogP contribution in [-0.4, -0.2) is 16.7 Å². The molecule has 0 aliphatic carbocycles. The molecule has 0 unspecified atom stereocenters. The first-order chi connectivity index (χ1) is 20.0. The lowest BCUT2D eigenvalue weighted by atomic mass is 10.1.